The average molecular weight is 1230 g/mol. The number of aliphatic hydroxyl groups excluding tert-OH is 1. The van der Waals surface area contributed by atoms with E-state index in [2.05, 4.69) is 73.2 Å². The number of fused-ring (bicyclic) bond motifs is 4. The maximum atomic E-state index is 11.9. The van der Waals surface area contributed by atoms with Gasteiger partial charge in [0.2, 0.25) is 0 Å². The Labute approximate surface area is 454 Å². The van der Waals surface area contributed by atoms with Gasteiger partial charge in [-0.1, -0.05) is 91.4 Å². The van der Waals surface area contributed by atoms with Gasteiger partial charge in [-0.3, -0.25) is 0 Å². The van der Waals surface area contributed by atoms with Crippen molar-refractivity contribution in [2.75, 3.05) is 13.2 Å². The number of carbonyl (C=O) groups excluding carboxylic acids is 3. The Morgan fingerprint density at radius 3 is 1.39 bits per heavy atom. The number of rotatable bonds is 8. The molecule has 2 N–H and O–H groups in total. The van der Waals surface area contributed by atoms with Crippen LogP contribution in [0.25, 0.3) is 43.9 Å². The van der Waals surface area contributed by atoms with Gasteiger partial charge in [0.25, 0.3) is 0 Å². The second-order valence-electron chi connectivity index (χ2n) is 14.3. The number of ether oxygens (including phenoxy) is 3. The predicted octanol–water partition coefficient (Wildman–Crippen LogP) is 12.4. The summed E-state index contributed by atoms with van der Waals surface area (Å²) in [4.78, 5) is 43.8. The molecule has 349 valence electrons. The third kappa shape index (κ3) is 18.7. The first-order valence-corrected chi connectivity index (χ1v) is 23.2. The minimum absolute atomic E-state index is 0. The number of aliphatic hydroxyl groups is 1. The van der Waals surface area contributed by atoms with E-state index in [1.807, 2.05) is 64.1 Å². The summed E-state index contributed by atoms with van der Waals surface area (Å²) in [5.74, 6) is -0.753. The Bertz CT molecular complexity index is 2800. The second-order valence-corrected chi connectivity index (χ2v) is 18.5. The largest absolute Gasteiger partial charge is 1.00 e. The smallest absolute Gasteiger partial charge is 1.00 e. The molecule has 67 heavy (non-hydrogen) atoms. The molecule has 8 aromatic rings. The molecule has 0 saturated carbocycles. The Morgan fingerprint density at radius 2 is 0.985 bits per heavy atom. The molecule has 4 heterocycles. The van der Waals surface area contributed by atoms with Gasteiger partial charge in [-0.25, -0.2) is 19.2 Å². The molecule has 0 amide bonds. The fraction of sp³-hybridized carbons (Fsp3) is 0.217. The summed E-state index contributed by atoms with van der Waals surface area (Å²) < 4.78 is 38.3. The second kappa shape index (κ2) is 29.5. The van der Waals surface area contributed by atoms with Crippen molar-refractivity contribution in [2.24, 2.45) is 11.8 Å². The van der Waals surface area contributed by atoms with Crippen LogP contribution in [0.5, 0.6) is 0 Å². The van der Waals surface area contributed by atoms with Crippen molar-refractivity contribution < 1.29 is 92.3 Å². The van der Waals surface area contributed by atoms with Crippen molar-refractivity contribution in [3.63, 3.8) is 0 Å². The number of hydrogen-bond acceptors (Lipinski definition) is 12. The molecule has 21 heteroatoms. The molecule has 0 fully saturated rings. The molecule has 0 atom stereocenters. The van der Waals surface area contributed by atoms with Gasteiger partial charge in [0.05, 0.1) is 38.2 Å². The normalized spacial score (nSPS) is 10.3. The van der Waals surface area contributed by atoms with E-state index in [1.165, 1.54) is 12.5 Å². The molecule has 4 aromatic heterocycles. The Kier molecular flexibility index (Phi) is 26.2. The molecule has 3 radical (unpaired) electrons. The summed E-state index contributed by atoms with van der Waals surface area (Å²) in [5.41, 5.74) is 4.32. The molecule has 0 unspecified atom stereocenters. The first kappa shape index (κ1) is 59.6. The van der Waals surface area contributed by atoms with Crippen molar-refractivity contribution in [2.45, 2.75) is 40.2 Å². The molecule has 0 aliphatic heterocycles. The number of esters is 1. The third-order valence-electron chi connectivity index (χ3n) is 8.31. The quantitative estimate of drug-likeness (QED) is 0.0481. The number of alkyl halides is 1. The molecule has 0 spiro atoms. The molecular formula is C46H41BBr4Cl2NaO13. The first-order valence-electron chi connectivity index (χ1n) is 19.2. The van der Waals surface area contributed by atoms with Crippen LogP contribution < -0.4 is 29.6 Å². The number of carbonyl (C=O) groups is 4. The summed E-state index contributed by atoms with van der Waals surface area (Å²) in [6, 6.07) is 22.1. The number of furan rings is 4. The number of aromatic carboxylic acids is 1. The fourth-order valence-corrected chi connectivity index (χ4v) is 7.00. The van der Waals surface area contributed by atoms with Crippen molar-refractivity contribution in [1.82, 2.24) is 0 Å². The van der Waals surface area contributed by atoms with Crippen LogP contribution in [0.3, 0.4) is 0 Å². The summed E-state index contributed by atoms with van der Waals surface area (Å²) >= 11 is 23.9. The molecule has 13 nitrogen and oxygen atoms in total. The van der Waals surface area contributed by atoms with E-state index in [-0.39, 0.29) is 69.7 Å². The Morgan fingerprint density at radius 1 is 0.612 bits per heavy atom. The van der Waals surface area contributed by atoms with Gasteiger partial charge in [-0.05, 0) is 84.6 Å². The zero-order valence-electron chi connectivity index (χ0n) is 37.5. The van der Waals surface area contributed by atoms with E-state index in [9.17, 15) is 19.2 Å². The topological polar surface area (TPSA) is 189 Å². The van der Waals surface area contributed by atoms with E-state index < -0.39 is 23.5 Å². The van der Waals surface area contributed by atoms with E-state index in [4.69, 9.17) is 55.8 Å². The van der Waals surface area contributed by atoms with Crippen molar-refractivity contribution in [1.29, 1.82) is 0 Å². The van der Waals surface area contributed by atoms with Crippen LogP contribution >= 0.6 is 86.9 Å². The van der Waals surface area contributed by atoms with Crippen molar-refractivity contribution >= 4 is 163 Å². The zero-order chi connectivity index (χ0) is 47.8. The van der Waals surface area contributed by atoms with E-state index in [0.29, 0.717) is 40.3 Å². The van der Waals surface area contributed by atoms with Gasteiger partial charge in [-0.2, -0.15) is 0 Å². The summed E-state index contributed by atoms with van der Waals surface area (Å²) in [6.07, 6.45) is 4.78. The van der Waals surface area contributed by atoms with Gasteiger partial charge in [0.1, 0.15) is 46.0 Å². The molecular weight excluding hydrogens is 1180 g/mol. The molecule has 0 aliphatic rings. The van der Waals surface area contributed by atoms with Crippen molar-refractivity contribution in [3.8, 4) is 0 Å². The average Bonchev–Trinajstić information content (AvgIpc) is 4.07. The van der Waals surface area contributed by atoms with Crippen LogP contribution in [-0.2, 0) is 26.7 Å². The summed E-state index contributed by atoms with van der Waals surface area (Å²) in [6.45, 7) is 8.28. The minimum atomic E-state index is -1.01. The van der Waals surface area contributed by atoms with Crippen LogP contribution in [0.4, 0.5) is 9.59 Å². The molecule has 0 saturated heterocycles. The van der Waals surface area contributed by atoms with Gasteiger partial charge in [0, 0.05) is 70.6 Å². The molecule has 4 aromatic carbocycles. The minimum Gasteiger partial charge on any atom is -1.00 e. The van der Waals surface area contributed by atoms with E-state index in [1.54, 1.807) is 48.9 Å². The Balaban J connectivity index is 0.000000433. The maximum absolute atomic E-state index is 11.9. The molecule has 8 rings (SSSR count). The first-order chi connectivity index (χ1) is 30.9. The number of carboxylic acid groups (broad SMARTS) is 1. The summed E-state index contributed by atoms with van der Waals surface area (Å²) in [7, 11) is 0. The monoisotopic (exact) mass is 1220 g/mol. The fourth-order valence-electron chi connectivity index (χ4n) is 5.29. The third-order valence-corrected chi connectivity index (χ3v) is 10.7. The predicted molar refractivity (Wildman–Crippen MR) is 269 cm³/mol. The van der Waals surface area contributed by atoms with Crippen LogP contribution in [0.2, 0.25) is 0 Å². The zero-order valence-corrected chi connectivity index (χ0v) is 46.3. The van der Waals surface area contributed by atoms with Crippen LogP contribution in [-0.4, -0.2) is 55.4 Å². The number of hydrogen-bond donors (Lipinski definition) is 2. The molecule has 0 aliphatic carbocycles. The van der Waals surface area contributed by atoms with Crippen molar-refractivity contribution in [3.05, 3.63) is 138 Å². The van der Waals surface area contributed by atoms with Gasteiger partial charge < -0.3 is 43.5 Å². The number of benzene rings is 4. The van der Waals surface area contributed by atoms with Gasteiger partial charge in [-0.15, -0.1) is 11.6 Å². The number of halogens is 6. The van der Waals surface area contributed by atoms with E-state index in [0.717, 1.165) is 51.0 Å². The SMILES string of the molecule is CC(C)COC(=O)Cl.CC(C)COC(=O)OC(=O)c1coc2ccc(Br)cc12.ClCc1coc2ccc(Br)cc12.O=C(O)c1coc2ccc(Br)cc12.OCc1coc2ccc(Br)cc12.[B].[H-].[Na+]. The van der Waals surface area contributed by atoms with Crippen LogP contribution in [0, 0.1) is 11.8 Å². The number of carboxylic acids is 1. The van der Waals surface area contributed by atoms with Gasteiger partial charge in [0.15, 0.2) is 0 Å². The van der Waals surface area contributed by atoms with Crippen LogP contribution in [0.15, 0.2) is 133 Å². The standard InChI is InChI=1S/C14H13BrO5.C9H6BrClO.C9H5BrO3.C9H7BrO2.C5H9ClO2.B.Na.H/c1-8(2)6-19-14(17)20-13(16)11-7-18-12-4-3-9(15)5-10(11)12;10-7-1-2-9-8(3-7)6(4-11)5-12-9;10-5-1-2-8-6(3-5)7(4-13-8)9(11)12;10-7-1-2-9-8(3-7)6(4-11)5-12-9;1-4(2)3-8-5(6)7;;;/h3-5,7-8H,6H2,1-2H3;1-3,5H,4H2;1-4H,(H,11,12);1-3,5,11H,4H2;4H,3H2,1-2H3;;;/q;;;;;;+1;-1. The summed E-state index contributed by atoms with van der Waals surface area (Å²) in [5, 5.41) is 21.0. The Hall–Kier alpha value is -3.56. The maximum Gasteiger partial charge on any atom is 1.00 e. The van der Waals surface area contributed by atoms with E-state index >= 15 is 0 Å². The molecule has 0 bridgehead atoms. The van der Waals surface area contributed by atoms with Crippen LogP contribution in [0.1, 0.15) is 61.0 Å². The van der Waals surface area contributed by atoms with Gasteiger partial charge >= 0.3 is 53.1 Å².